The lowest BCUT2D eigenvalue weighted by atomic mass is 10.1. The van der Waals surface area contributed by atoms with E-state index >= 15 is 0 Å². The fourth-order valence-electron chi connectivity index (χ4n) is 1.78. The zero-order valence-electron chi connectivity index (χ0n) is 11.6. The van der Waals surface area contributed by atoms with E-state index in [4.69, 9.17) is 15.2 Å². The van der Waals surface area contributed by atoms with E-state index in [9.17, 15) is 9.18 Å². The lowest BCUT2D eigenvalue weighted by Crippen LogP contribution is -2.09. The molecule has 0 bridgehead atoms. The zero-order chi connectivity index (χ0) is 15.2. The molecule has 0 fully saturated rings. The highest BCUT2D eigenvalue weighted by Gasteiger charge is 2.09. The Hall–Kier alpha value is -2.56. The molecule has 0 saturated heterocycles. The highest BCUT2D eigenvalue weighted by atomic mass is 19.1. The Bertz CT molecular complexity index is 626. The van der Waals surface area contributed by atoms with Crippen LogP contribution in [0.25, 0.3) is 0 Å². The van der Waals surface area contributed by atoms with Gasteiger partial charge in [-0.25, -0.2) is 4.39 Å². The summed E-state index contributed by atoms with van der Waals surface area (Å²) in [5, 5.41) is 0. The van der Waals surface area contributed by atoms with Crippen molar-refractivity contribution in [1.82, 2.24) is 0 Å². The Labute approximate surface area is 122 Å². The third kappa shape index (κ3) is 4.21. The van der Waals surface area contributed by atoms with E-state index in [1.165, 1.54) is 19.2 Å². The van der Waals surface area contributed by atoms with Gasteiger partial charge in [-0.3, -0.25) is 4.79 Å². The maximum atomic E-state index is 13.7. The molecule has 0 atom stereocenters. The average Bonchev–Trinajstić information content (AvgIpc) is 2.48. The van der Waals surface area contributed by atoms with E-state index in [1.807, 2.05) is 0 Å². The van der Waals surface area contributed by atoms with Crippen LogP contribution in [0, 0.1) is 5.82 Å². The van der Waals surface area contributed by atoms with Gasteiger partial charge in [-0.15, -0.1) is 0 Å². The number of anilines is 1. The largest absolute Gasteiger partial charge is 0.497 e. The molecule has 0 saturated carbocycles. The van der Waals surface area contributed by atoms with Crippen LogP contribution in [0.4, 0.5) is 10.1 Å². The number of carbonyl (C=O) groups excluding carboxylic acids is 1. The summed E-state index contributed by atoms with van der Waals surface area (Å²) in [6.07, 6.45) is 0.123. The number of nitrogen functional groups attached to an aromatic ring is 1. The highest BCUT2D eigenvalue weighted by molar-refractivity contribution is 5.72. The van der Waals surface area contributed by atoms with Gasteiger partial charge in [0.25, 0.3) is 0 Å². The van der Waals surface area contributed by atoms with Gasteiger partial charge in [0, 0.05) is 17.3 Å². The quantitative estimate of drug-likeness (QED) is 0.679. The third-order valence-electron chi connectivity index (χ3n) is 2.98. The first-order valence-corrected chi connectivity index (χ1v) is 6.41. The molecule has 5 heteroatoms. The van der Waals surface area contributed by atoms with Gasteiger partial charge >= 0.3 is 5.97 Å². The van der Waals surface area contributed by atoms with Gasteiger partial charge < -0.3 is 15.2 Å². The van der Waals surface area contributed by atoms with Gasteiger partial charge in [-0.05, 0) is 29.8 Å². The summed E-state index contributed by atoms with van der Waals surface area (Å²) in [5.41, 5.74) is 7.30. The van der Waals surface area contributed by atoms with Crippen LogP contribution in [0.15, 0.2) is 42.5 Å². The lowest BCUT2D eigenvalue weighted by Gasteiger charge is -2.07. The zero-order valence-corrected chi connectivity index (χ0v) is 11.6. The van der Waals surface area contributed by atoms with Crippen LogP contribution in [-0.4, -0.2) is 13.1 Å². The summed E-state index contributed by atoms with van der Waals surface area (Å²) in [5.74, 6) is -0.464. The van der Waals surface area contributed by atoms with Crippen LogP contribution in [0.3, 0.4) is 0 Å². The second kappa shape index (κ2) is 6.74. The van der Waals surface area contributed by atoms with Crippen molar-refractivity contribution in [3.8, 4) is 5.75 Å². The van der Waals surface area contributed by atoms with E-state index < -0.39 is 11.8 Å². The van der Waals surface area contributed by atoms with Gasteiger partial charge in [0.05, 0.1) is 13.5 Å². The van der Waals surface area contributed by atoms with Crippen LogP contribution >= 0.6 is 0 Å². The molecule has 21 heavy (non-hydrogen) atoms. The second-order valence-corrected chi connectivity index (χ2v) is 4.54. The van der Waals surface area contributed by atoms with Gasteiger partial charge in [-0.1, -0.05) is 12.1 Å². The average molecular weight is 289 g/mol. The van der Waals surface area contributed by atoms with Crippen molar-refractivity contribution in [3.05, 3.63) is 59.4 Å². The number of carbonyl (C=O) groups is 1. The monoisotopic (exact) mass is 289 g/mol. The number of hydrogen-bond acceptors (Lipinski definition) is 4. The standard InChI is InChI=1S/C16H16FNO3/c1-20-14-7-4-12(15(17)9-14)10-21-16(19)8-11-2-5-13(18)6-3-11/h2-7,9H,8,10,18H2,1H3. The Kier molecular flexibility index (Phi) is 4.77. The Balaban J connectivity index is 1.90. The molecule has 110 valence electrons. The molecule has 4 nitrogen and oxygen atoms in total. The van der Waals surface area contributed by atoms with Crippen LogP contribution in [0.1, 0.15) is 11.1 Å². The number of halogens is 1. The molecule has 0 aliphatic heterocycles. The molecule has 0 radical (unpaired) electrons. The van der Waals surface area contributed by atoms with Gasteiger partial charge in [0.2, 0.25) is 0 Å². The molecule has 2 aromatic carbocycles. The molecule has 0 aliphatic carbocycles. The first-order chi connectivity index (χ1) is 10.1. The summed E-state index contributed by atoms with van der Waals surface area (Å²) in [6.45, 7) is -0.108. The maximum Gasteiger partial charge on any atom is 0.310 e. The number of rotatable bonds is 5. The maximum absolute atomic E-state index is 13.7. The van der Waals surface area contributed by atoms with Crippen molar-refractivity contribution in [2.45, 2.75) is 13.0 Å². The minimum absolute atomic E-state index is 0.108. The van der Waals surface area contributed by atoms with E-state index in [2.05, 4.69) is 0 Å². The number of methoxy groups -OCH3 is 1. The predicted octanol–water partition coefficient (Wildman–Crippen LogP) is 2.70. The first-order valence-electron chi connectivity index (χ1n) is 6.41. The predicted molar refractivity (Wildman–Crippen MR) is 77.3 cm³/mol. The number of ether oxygens (including phenoxy) is 2. The Morgan fingerprint density at radius 3 is 2.52 bits per heavy atom. The van der Waals surface area contributed by atoms with Crippen LogP contribution in [-0.2, 0) is 22.6 Å². The SMILES string of the molecule is COc1ccc(COC(=O)Cc2ccc(N)cc2)c(F)c1. The molecule has 0 aromatic heterocycles. The third-order valence-corrected chi connectivity index (χ3v) is 2.98. The molecule has 0 heterocycles. The molecular weight excluding hydrogens is 273 g/mol. The summed E-state index contributed by atoms with van der Waals surface area (Å²) < 4.78 is 23.6. The Morgan fingerprint density at radius 2 is 1.90 bits per heavy atom. The summed E-state index contributed by atoms with van der Waals surface area (Å²) in [4.78, 5) is 11.7. The van der Waals surface area contributed by atoms with Crippen LogP contribution in [0.5, 0.6) is 5.75 Å². The molecule has 2 aromatic rings. The van der Waals surface area contributed by atoms with Crippen molar-refractivity contribution in [3.63, 3.8) is 0 Å². The molecule has 0 aliphatic rings. The van der Waals surface area contributed by atoms with Gasteiger partial charge in [0.1, 0.15) is 18.2 Å². The van der Waals surface area contributed by atoms with Crippen LogP contribution < -0.4 is 10.5 Å². The van der Waals surface area contributed by atoms with Crippen molar-refractivity contribution < 1.29 is 18.7 Å². The van der Waals surface area contributed by atoms with Gasteiger partial charge in [0.15, 0.2) is 0 Å². The number of hydrogen-bond donors (Lipinski definition) is 1. The second-order valence-electron chi connectivity index (χ2n) is 4.54. The van der Waals surface area contributed by atoms with E-state index in [-0.39, 0.29) is 13.0 Å². The van der Waals surface area contributed by atoms with Crippen molar-refractivity contribution in [1.29, 1.82) is 0 Å². The summed E-state index contributed by atoms with van der Waals surface area (Å²) >= 11 is 0. The number of benzene rings is 2. The fraction of sp³-hybridized carbons (Fsp3) is 0.188. The minimum atomic E-state index is -0.463. The molecule has 0 spiro atoms. The van der Waals surface area contributed by atoms with Crippen molar-refractivity contribution in [2.75, 3.05) is 12.8 Å². The molecule has 0 unspecified atom stereocenters. The molecule has 0 amide bonds. The number of nitrogens with two attached hydrogens (primary N) is 1. The summed E-state index contributed by atoms with van der Waals surface area (Å²) in [7, 11) is 1.46. The molecule has 2 rings (SSSR count). The van der Waals surface area contributed by atoms with E-state index in [0.717, 1.165) is 5.56 Å². The van der Waals surface area contributed by atoms with E-state index in [0.29, 0.717) is 17.0 Å². The highest BCUT2D eigenvalue weighted by Crippen LogP contribution is 2.17. The normalized spacial score (nSPS) is 10.2. The minimum Gasteiger partial charge on any atom is -0.497 e. The summed E-state index contributed by atoms with van der Waals surface area (Å²) in [6, 6.07) is 11.3. The Morgan fingerprint density at radius 1 is 1.19 bits per heavy atom. The van der Waals surface area contributed by atoms with Crippen LogP contribution in [0.2, 0.25) is 0 Å². The first kappa shape index (κ1) is 14.8. The van der Waals surface area contributed by atoms with Crippen molar-refractivity contribution >= 4 is 11.7 Å². The topological polar surface area (TPSA) is 61.5 Å². The fourth-order valence-corrected chi connectivity index (χ4v) is 1.78. The number of esters is 1. The lowest BCUT2D eigenvalue weighted by molar-refractivity contribution is -0.144. The smallest absolute Gasteiger partial charge is 0.310 e. The molecular formula is C16H16FNO3. The van der Waals surface area contributed by atoms with Gasteiger partial charge in [-0.2, -0.15) is 0 Å². The van der Waals surface area contributed by atoms with Crippen molar-refractivity contribution in [2.24, 2.45) is 0 Å². The van der Waals surface area contributed by atoms with E-state index in [1.54, 1.807) is 30.3 Å². The molecule has 2 N–H and O–H groups in total.